The molecule has 16 heteroatoms. The van der Waals surface area contributed by atoms with Crippen LogP contribution in [0.4, 0.5) is 21.6 Å². The number of nitrogens with one attached hydrogen (secondary N) is 3. The number of rotatable bonds is 14. The molecule has 0 unspecified atom stereocenters. The highest BCUT2D eigenvalue weighted by Crippen LogP contribution is 2.50. The number of piperidine rings is 1. The van der Waals surface area contributed by atoms with E-state index in [0.29, 0.717) is 54.4 Å². The lowest BCUT2D eigenvalue weighted by Crippen LogP contribution is -2.63. The van der Waals surface area contributed by atoms with Gasteiger partial charge in [-0.3, -0.25) is 9.69 Å². The number of anilines is 2. The maximum absolute atomic E-state index is 14.9. The molecule has 1 amide bonds. The lowest BCUT2D eigenvalue weighted by atomic mass is 9.70. The lowest BCUT2D eigenvalue weighted by Gasteiger charge is -2.57. The summed E-state index contributed by atoms with van der Waals surface area (Å²) >= 11 is 0. The van der Waals surface area contributed by atoms with E-state index in [2.05, 4.69) is 73.1 Å². The van der Waals surface area contributed by atoms with Gasteiger partial charge in [0.25, 0.3) is 15.9 Å². The molecule has 354 valence electrons. The Morgan fingerprint density at radius 3 is 2.49 bits per heavy atom. The molecule has 5 aliphatic rings. The number of amides is 1. The van der Waals surface area contributed by atoms with Crippen LogP contribution in [0.2, 0.25) is 0 Å². The number of pyridine rings is 2. The number of carbonyl (C=O) groups is 1. The van der Waals surface area contributed by atoms with Gasteiger partial charge in [0.1, 0.15) is 27.9 Å². The number of ether oxygens (including phenoxy) is 1. The van der Waals surface area contributed by atoms with Crippen molar-refractivity contribution in [1.82, 2.24) is 24.6 Å². The highest BCUT2D eigenvalue weighted by atomic mass is 32.2. The Morgan fingerprint density at radius 2 is 1.76 bits per heavy atom. The predicted molar refractivity (Wildman–Crippen MR) is 256 cm³/mol. The molecule has 0 radical (unpaired) electrons. The summed E-state index contributed by atoms with van der Waals surface area (Å²) in [7, 11) is -4.56. The number of likely N-dealkylation sites (tertiary alicyclic amines) is 1. The SMILES string of the molecule is CC(C)c1ccccc1[C@H]1CCC[C@H]1N1CC2(CCN(c3ccc(C(=O)NS(=O)(=O)c4cnc(NCC5CCC(C)(O)CC5)c(N=O)c4)c(Oc4cc5c(F)c[nH]c5nc4C4CC4)c3)CC2)C1. The average molecular weight is 933 g/mol. The van der Waals surface area contributed by atoms with Crippen LogP contribution in [0, 0.1) is 22.1 Å². The second-order valence-electron chi connectivity index (χ2n) is 20.6. The van der Waals surface area contributed by atoms with Crippen LogP contribution in [-0.2, 0) is 10.0 Å². The van der Waals surface area contributed by atoms with Crippen LogP contribution in [-0.4, -0.2) is 83.7 Å². The largest absolute Gasteiger partial charge is 0.454 e. The molecule has 1 spiro atoms. The van der Waals surface area contributed by atoms with Gasteiger partial charge in [-0.25, -0.2) is 27.5 Å². The third-order valence-corrected chi connectivity index (χ3v) is 16.8. The number of aromatic amines is 1. The summed E-state index contributed by atoms with van der Waals surface area (Å²) in [4.78, 5) is 42.5. The van der Waals surface area contributed by atoms with Gasteiger partial charge in [-0.2, -0.15) is 0 Å². The molecular weight excluding hydrogens is 872 g/mol. The van der Waals surface area contributed by atoms with E-state index in [-0.39, 0.29) is 45.5 Å². The van der Waals surface area contributed by atoms with E-state index in [1.165, 1.54) is 36.6 Å². The summed E-state index contributed by atoms with van der Waals surface area (Å²) in [6, 6.07) is 17.4. The second kappa shape index (κ2) is 17.9. The van der Waals surface area contributed by atoms with Gasteiger partial charge in [-0.15, -0.1) is 4.91 Å². The van der Waals surface area contributed by atoms with Crippen LogP contribution in [0.25, 0.3) is 11.0 Å². The number of carbonyl (C=O) groups excluding carboxylic acids is 1. The summed E-state index contributed by atoms with van der Waals surface area (Å²) in [5.74, 6) is 0.469. The number of hydrogen-bond acceptors (Lipinski definition) is 12. The molecule has 3 saturated carbocycles. The number of halogens is 1. The Morgan fingerprint density at radius 1 is 1.00 bits per heavy atom. The summed E-state index contributed by atoms with van der Waals surface area (Å²) < 4.78 is 51.3. The van der Waals surface area contributed by atoms with Crippen molar-refractivity contribution in [2.75, 3.05) is 42.9 Å². The summed E-state index contributed by atoms with van der Waals surface area (Å²) in [5.41, 5.74) is 4.13. The van der Waals surface area contributed by atoms with Gasteiger partial charge in [0.2, 0.25) is 0 Å². The number of aliphatic hydroxyl groups is 1. The van der Waals surface area contributed by atoms with Crippen molar-refractivity contribution in [1.29, 1.82) is 0 Å². The van der Waals surface area contributed by atoms with Gasteiger partial charge in [0.15, 0.2) is 11.5 Å². The number of benzene rings is 2. The molecule has 2 aromatic carbocycles. The molecule has 10 rings (SSSR count). The smallest absolute Gasteiger partial charge is 0.268 e. The molecule has 3 aliphatic carbocycles. The van der Waals surface area contributed by atoms with Crippen LogP contribution in [0.15, 0.2) is 77.1 Å². The van der Waals surface area contributed by atoms with E-state index >= 15 is 0 Å². The van der Waals surface area contributed by atoms with Crippen LogP contribution >= 0.6 is 0 Å². The minimum atomic E-state index is -4.56. The average Bonchev–Trinajstić information content (AvgIpc) is 3.93. The molecule has 5 heterocycles. The minimum Gasteiger partial charge on any atom is -0.454 e. The molecule has 67 heavy (non-hydrogen) atoms. The number of nitroso groups, excluding NO2 is 1. The first-order valence-corrected chi connectivity index (χ1v) is 25.6. The zero-order valence-corrected chi connectivity index (χ0v) is 39.4. The van der Waals surface area contributed by atoms with Crippen LogP contribution in [0.1, 0.15) is 136 Å². The summed E-state index contributed by atoms with van der Waals surface area (Å²) in [6.07, 6.45) is 12.7. The predicted octanol–water partition coefficient (Wildman–Crippen LogP) is 10.00. The molecule has 0 bridgehead atoms. The number of fused-ring (bicyclic) bond motifs is 1. The van der Waals surface area contributed by atoms with E-state index in [1.54, 1.807) is 18.2 Å². The molecule has 2 saturated heterocycles. The fourth-order valence-corrected chi connectivity index (χ4v) is 12.3. The van der Waals surface area contributed by atoms with Gasteiger partial charge in [-0.05, 0) is 135 Å². The molecule has 4 N–H and O–H groups in total. The maximum atomic E-state index is 14.9. The maximum Gasteiger partial charge on any atom is 0.268 e. The second-order valence-corrected chi connectivity index (χ2v) is 22.3. The molecule has 3 aromatic heterocycles. The van der Waals surface area contributed by atoms with E-state index in [4.69, 9.17) is 9.72 Å². The van der Waals surface area contributed by atoms with Crippen molar-refractivity contribution in [3.05, 3.63) is 100 Å². The Hall–Kier alpha value is -5.45. The van der Waals surface area contributed by atoms with Gasteiger partial charge in [0.05, 0.1) is 22.2 Å². The number of nitrogens with zero attached hydrogens (tertiary/aromatic N) is 5. The first-order valence-electron chi connectivity index (χ1n) is 24.1. The van der Waals surface area contributed by atoms with E-state index in [9.17, 15) is 27.6 Å². The fraction of sp³-hybridized carbons (Fsp3) is 0.510. The van der Waals surface area contributed by atoms with Gasteiger partial charge in [0, 0.05) is 68.8 Å². The number of sulfonamides is 1. The number of aromatic nitrogens is 3. The molecular formula is C51H61FN8O6S. The summed E-state index contributed by atoms with van der Waals surface area (Å²) in [6.45, 7) is 10.7. The number of H-pyrrole nitrogens is 1. The minimum absolute atomic E-state index is 0.0524. The van der Waals surface area contributed by atoms with Crippen molar-refractivity contribution in [2.24, 2.45) is 16.5 Å². The van der Waals surface area contributed by atoms with Gasteiger partial charge < -0.3 is 25.0 Å². The highest BCUT2D eigenvalue weighted by Gasteiger charge is 2.49. The number of hydrogen-bond donors (Lipinski definition) is 4. The quantitative estimate of drug-likeness (QED) is 0.0778. The third kappa shape index (κ3) is 9.28. The van der Waals surface area contributed by atoms with Crippen LogP contribution < -0.4 is 19.7 Å². The highest BCUT2D eigenvalue weighted by molar-refractivity contribution is 7.90. The lowest BCUT2D eigenvalue weighted by molar-refractivity contribution is -0.0493. The molecule has 2 atom stereocenters. The molecule has 5 fully saturated rings. The third-order valence-electron chi connectivity index (χ3n) is 15.5. The van der Waals surface area contributed by atoms with Crippen LogP contribution in [0.3, 0.4) is 0 Å². The topological polar surface area (TPSA) is 182 Å². The van der Waals surface area contributed by atoms with Gasteiger partial charge >= 0.3 is 0 Å². The Bertz CT molecular complexity index is 2780. The van der Waals surface area contributed by atoms with Crippen molar-refractivity contribution in [2.45, 2.75) is 126 Å². The molecule has 14 nitrogen and oxygen atoms in total. The molecule has 2 aliphatic heterocycles. The van der Waals surface area contributed by atoms with Crippen molar-refractivity contribution in [3.8, 4) is 11.5 Å². The van der Waals surface area contributed by atoms with E-state index in [0.717, 1.165) is 82.7 Å². The first-order chi connectivity index (χ1) is 32.2. The standard InChI is InChI=1S/C51H61FN8O6S/c1-31(2)36-7-4-5-8-37(36)38-9-6-10-43(38)60-29-51(30-60)19-21-59(22-20-51)34-13-14-39(44(23-34)66-45-25-40-41(52)28-55-47(40)56-46(45)33-11-12-33)49(61)58-67(64,65)35-24-42(57-63)48(54-27-35)53-26-32-15-17-50(3,62)18-16-32/h4-5,7-8,13-14,23-25,27-28,31-33,38,43,62H,6,9-12,15-22,26,29-30H2,1-3H3,(H,53,54)(H,55,56)(H,58,61)/t32?,38-,43-,50?/m1/s1. The normalized spacial score (nSPS) is 24.2. The zero-order chi connectivity index (χ0) is 46.7. The molecule has 5 aromatic rings. The monoisotopic (exact) mass is 932 g/mol. The Kier molecular flexibility index (Phi) is 12.1. The summed E-state index contributed by atoms with van der Waals surface area (Å²) in [5, 5.41) is 16.7. The van der Waals surface area contributed by atoms with Gasteiger partial charge in [-0.1, -0.05) is 44.5 Å². The fourth-order valence-electron chi connectivity index (χ4n) is 11.3. The van der Waals surface area contributed by atoms with E-state index in [1.807, 2.05) is 13.0 Å². The zero-order valence-electron chi connectivity index (χ0n) is 38.6. The first kappa shape index (κ1) is 45.3. The van der Waals surface area contributed by atoms with E-state index < -0.39 is 32.2 Å². The Labute approximate surface area is 391 Å². The van der Waals surface area contributed by atoms with Crippen molar-refractivity contribution >= 4 is 44.2 Å². The van der Waals surface area contributed by atoms with Crippen molar-refractivity contribution < 1.29 is 27.4 Å². The van der Waals surface area contributed by atoms with Crippen LogP contribution in [0.5, 0.6) is 11.5 Å². The van der Waals surface area contributed by atoms with Crippen molar-refractivity contribution in [3.63, 3.8) is 0 Å². The Balaban J connectivity index is 0.867.